The second kappa shape index (κ2) is 4.33. The number of piperidine rings is 1. The van der Waals surface area contributed by atoms with Crippen LogP contribution in [-0.2, 0) is 4.79 Å². The molecule has 2 aliphatic rings. The number of nitrogens with zero attached hydrogens (tertiary/aromatic N) is 2. The standard InChI is InChI=1S/C14H22N2O/c1-10-7-11(2)12(3)16(8-10)13(17)14(9-15)5-4-6-14/h10-12H,4-8H2,1-3H3. The first-order chi connectivity index (χ1) is 8.00. The lowest BCUT2D eigenvalue weighted by molar-refractivity contribution is -0.149. The average Bonchev–Trinajstić information content (AvgIpc) is 2.22. The van der Waals surface area contributed by atoms with Crippen LogP contribution in [0.25, 0.3) is 0 Å². The van der Waals surface area contributed by atoms with Gasteiger partial charge in [-0.2, -0.15) is 5.26 Å². The van der Waals surface area contributed by atoms with E-state index in [1.54, 1.807) is 0 Å². The zero-order chi connectivity index (χ0) is 12.6. The molecule has 1 aliphatic carbocycles. The van der Waals surface area contributed by atoms with E-state index in [-0.39, 0.29) is 11.9 Å². The Morgan fingerprint density at radius 1 is 1.35 bits per heavy atom. The van der Waals surface area contributed by atoms with Crippen molar-refractivity contribution in [2.75, 3.05) is 6.54 Å². The first-order valence-corrected chi connectivity index (χ1v) is 6.72. The molecule has 3 nitrogen and oxygen atoms in total. The Morgan fingerprint density at radius 3 is 2.47 bits per heavy atom. The van der Waals surface area contributed by atoms with Crippen LogP contribution in [0.5, 0.6) is 0 Å². The quantitative estimate of drug-likeness (QED) is 0.700. The molecule has 3 atom stereocenters. The lowest BCUT2D eigenvalue weighted by Crippen LogP contribution is -2.55. The summed E-state index contributed by atoms with van der Waals surface area (Å²) in [7, 11) is 0. The Morgan fingerprint density at radius 2 is 2.00 bits per heavy atom. The zero-order valence-electron chi connectivity index (χ0n) is 11.1. The van der Waals surface area contributed by atoms with Gasteiger partial charge in [-0.1, -0.05) is 13.8 Å². The Hall–Kier alpha value is -1.04. The number of hydrogen-bond acceptors (Lipinski definition) is 2. The van der Waals surface area contributed by atoms with Gasteiger partial charge in [0.2, 0.25) is 5.91 Å². The van der Waals surface area contributed by atoms with E-state index >= 15 is 0 Å². The Bertz CT molecular complexity index is 354. The summed E-state index contributed by atoms with van der Waals surface area (Å²) in [5.41, 5.74) is -0.676. The fraction of sp³-hybridized carbons (Fsp3) is 0.857. The van der Waals surface area contributed by atoms with E-state index in [2.05, 4.69) is 26.8 Å². The number of nitriles is 1. The van der Waals surface area contributed by atoms with Crippen LogP contribution in [0.4, 0.5) is 0 Å². The van der Waals surface area contributed by atoms with Crippen LogP contribution in [0.1, 0.15) is 46.5 Å². The van der Waals surface area contributed by atoms with E-state index in [1.165, 1.54) is 6.42 Å². The maximum atomic E-state index is 12.5. The maximum Gasteiger partial charge on any atom is 0.243 e. The molecule has 0 radical (unpaired) electrons. The highest BCUT2D eigenvalue weighted by Crippen LogP contribution is 2.43. The fourth-order valence-electron chi connectivity index (χ4n) is 3.16. The van der Waals surface area contributed by atoms with Crippen LogP contribution in [0, 0.1) is 28.6 Å². The summed E-state index contributed by atoms with van der Waals surface area (Å²) >= 11 is 0. The fourth-order valence-corrected chi connectivity index (χ4v) is 3.16. The molecule has 1 saturated carbocycles. The van der Waals surface area contributed by atoms with Gasteiger partial charge in [-0.25, -0.2) is 0 Å². The van der Waals surface area contributed by atoms with E-state index in [0.717, 1.165) is 25.8 Å². The van der Waals surface area contributed by atoms with E-state index in [1.807, 2.05) is 4.90 Å². The molecule has 0 aromatic heterocycles. The van der Waals surface area contributed by atoms with Crippen LogP contribution in [0.2, 0.25) is 0 Å². The molecular weight excluding hydrogens is 212 g/mol. The maximum absolute atomic E-state index is 12.5. The number of amides is 1. The van der Waals surface area contributed by atoms with Crippen LogP contribution in [-0.4, -0.2) is 23.4 Å². The summed E-state index contributed by atoms with van der Waals surface area (Å²) in [6, 6.07) is 2.55. The van der Waals surface area contributed by atoms with Gasteiger partial charge in [0.15, 0.2) is 0 Å². The van der Waals surface area contributed by atoms with Gasteiger partial charge >= 0.3 is 0 Å². The minimum Gasteiger partial charge on any atom is -0.338 e. The van der Waals surface area contributed by atoms with E-state index in [0.29, 0.717) is 11.8 Å². The second-order valence-corrected chi connectivity index (χ2v) is 6.06. The Balaban J connectivity index is 2.16. The molecule has 0 bridgehead atoms. The molecule has 17 heavy (non-hydrogen) atoms. The molecule has 0 aromatic rings. The molecule has 1 saturated heterocycles. The highest BCUT2D eigenvalue weighted by atomic mass is 16.2. The van der Waals surface area contributed by atoms with Crippen molar-refractivity contribution in [1.82, 2.24) is 4.90 Å². The van der Waals surface area contributed by atoms with Crippen LogP contribution >= 0.6 is 0 Å². The number of carbonyl (C=O) groups excluding carboxylic acids is 1. The molecule has 0 aromatic carbocycles. The zero-order valence-corrected chi connectivity index (χ0v) is 11.1. The molecule has 1 aliphatic heterocycles. The third-order valence-corrected chi connectivity index (χ3v) is 4.69. The number of likely N-dealkylation sites (tertiary alicyclic amines) is 1. The van der Waals surface area contributed by atoms with Crippen LogP contribution in [0.3, 0.4) is 0 Å². The normalized spacial score (nSPS) is 35.9. The van der Waals surface area contributed by atoms with Gasteiger partial charge in [-0.15, -0.1) is 0 Å². The molecule has 0 N–H and O–H groups in total. The second-order valence-electron chi connectivity index (χ2n) is 6.06. The van der Waals surface area contributed by atoms with Crippen molar-refractivity contribution in [3.05, 3.63) is 0 Å². The van der Waals surface area contributed by atoms with Crippen molar-refractivity contribution in [2.24, 2.45) is 17.3 Å². The molecule has 94 valence electrons. The summed E-state index contributed by atoms with van der Waals surface area (Å²) in [5.74, 6) is 1.19. The molecule has 0 spiro atoms. The summed E-state index contributed by atoms with van der Waals surface area (Å²) in [5, 5.41) is 9.26. The molecule has 3 unspecified atom stereocenters. The van der Waals surface area contributed by atoms with E-state index in [9.17, 15) is 10.1 Å². The van der Waals surface area contributed by atoms with Crippen molar-refractivity contribution in [1.29, 1.82) is 5.26 Å². The highest BCUT2D eigenvalue weighted by molar-refractivity contribution is 5.86. The van der Waals surface area contributed by atoms with Gasteiger partial charge in [0.25, 0.3) is 0 Å². The van der Waals surface area contributed by atoms with Gasteiger partial charge in [0, 0.05) is 12.6 Å². The van der Waals surface area contributed by atoms with Gasteiger partial charge in [-0.3, -0.25) is 4.79 Å². The van der Waals surface area contributed by atoms with Gasteiger partial charge < -0.3 is 4.90 Å². The Labute approximate surface area is 104 Å². The molecule has 3 heteroatoms. The van der Waals surface area contributed by atoms with Crippen molar-refractivity contribution in [3.8, 4) is 6.07 Å². The Kier molecular flexibility index (Phi) is 3.16. The molecule has 2 rings (SSSR count). The summed E-state index contributed by atoms with van der Waals surface area (Å²) in [6.07, 6.45) is 3.72. The van der Waals surface area contributed by atoms with Crippen LogP contribution in [0.15, 0.2) is 0 Å². The van der Waals surface area contributed by atoms with E-state index < -0.39 is 5.41 Å². The van der Waals surface area contributed by atoms with Crippen molar-refractivity contribution in [2.45, 2.75) is 52.5 Å². The third kappa shape index (κ3) is 1.94. The highest BCUT2D eigenvalue weighted by Gasteiger charge is 2.49. The SMILES string of the molecule is CC1CC(C)C(C)N(C(=O)C2(C#N)CCC2)C1. The summed E-state index contributed by atoms with van der Waals surface area (Å²) < 4.78 is 0. The van der Waals surface area contributed by atoms with Gasteiger partial charge in [-0.05, 0) is 44.4 Å². The predicted molar refractivity (Wildman–Crippen MR) is 66.0 cm³/mol. The van der Waals surface area contributed by atoms with Crippen molar-refractivity contribution < 1.29 is 4.79 Å². The lowest BCUT2D eigenvalue weighted by Gasteiger charge is -2.46. The lowest BCUT2D eigenvalue weighted by atomic mass is 9.68. The molecule has 1 amide bonds. The number of rotatable bonds is 1. The first-order valence-electron chi connectivity index (χ1n) is 6.72. The minimum atomic E-state index is -0.676. The van der Waals surface area contributed by atoms with Gasteiger partial charge in [0.05, 0.1) is 6.07 Å². The monoisotopic (exact) mass is 234 g/mol. The van der Waals surface area contributed by atoms with Crippen molar-refractivity contribution in [3.63, 3.8) is 0 Å². The first kappa shape index (κ1) is 12.4. The average molecular weight is 234 g/mol. The predicted octanol–water partition coefficient (Wildman–Crippen LogP) is 2.57. The topological polar surface area (TPSA) is 44.1 Å². The molecule has 1 heterocycles. The molecular formula is C14H22N2O. The largest absolute Gasteiger partial charge is 0.338 e. The van der Waals surface area contributed by atoms with E-state index in [4.69, 9.17) is 0 Å². The number of hydrogen-bond donors (Lipinski definition) is 0. The van der Waals surface area contributed by atoms with Crippen molar-refractivity contribution >= 4 is 5.91 Å². The molecule has 2 fully saturated rings. The summed E-state index contributed by atoms with van der Waals surface area (Å²) in [6.45, 7) is 7.36. The van der Waals surface area contributed by atoms with Crippen LogP contribution < -0.4 is 0 Å². The minimum absolute atomic E-state index is 0.0946. The number of carbonyl (C=O) groups is 1. The summed E-state index contributed by atoms with van der Waals surface area (Å²) in [4.78, 5) is 14.5. The third-order valence-electron chi connectivity index (χ3n) is 4.69. The smallest absolute Gasteiger partial charge is 0.243 e. The van der Waals surface area contributed by atoms with Gasteiger partial charge in [0.1, 0.15) is 5.41 Å².